The molecule has 0 saturated carbocycles. The van der Waals surface area contributed by atoms with Crippen molar-refractivity contribution >= 4 is 11.8 Å². The Morgan fingerprint density at radius 1 is 1.31 bits per heavy atom. The Labute approximate surface area is 169 Å². The number of pyridine rings is 1. The molecular weight excluding hydrogens is 373 g/mol. The summed E-state index contributed by atoms with van der Waals surface area (Å²) < 4.78 is 18.9. The highest BCUT2D eigenvalue weighted by molar-refractivity contribution is 5.75. The highest BCUT2D eigenvalue weighted by Gasteiger charge is 2.22. The number of nitrogens with zero attached hydrogens (tertiary/aromatic N) is 4. The Morgan fingerprint density at radius 3 is 2.86 bits per heavy atom. The maximum Gasteiger partial charge on any atom is 0.317 e. The topological polar surface area (TPSA) is 81.5 Å². The minimum atomic E-state index is -0.458. The van der Waals surface area contributed by atoms with Gasteiger partial charge in [-0.1, -0.05) is 6.07 Å². The second kappa shape index (κ2) is 9.24. The second-order valence-electron chi connectivity index (χ2n) is 6.88. The van der Waals surface area contributed by atoms with E-state index in [4.69, 9.17) is 4.74 Å². The molecule has 0 spiro atoms. The largest absolute Gasteiger partial charge is 0.494 e. The predicted molar refractivity (Wildman–Crippen MR) is 107 cm³/mol. The van der Waals surface area contributed by atoms with Gasteiger partial charge in [0.1, 0.15) is 11.9 Å². The van der Waals surface area contributed by atoms with Crippen LogP contribution in [0.5, 0.6) is 5.75 Å². The molecule has 152 valence electrons. The fourth-order valence-corrected chi connectivity index (χ4v) is 3.38. The number of carbonyl (C=O) groups is 1. The lowest BCUT2D eigenvalue weighted by molar-refractivity contribution is 0.198. The van der Waals surface area contributed by atoms with Crippen molar-refractivity contribution in [2.24, 2.45) is 0 Å². The van der Waals surface area contributed by atoms with E-state index in [1.807, 2.05) is 11.8 Å². The van der Waals surface area contributed by atoms with Gasteiger partial charge in [0, 0.05) is 32.4 Å². The first-order valence-electron chi connectivity index (χ1n) is 9.52. The van der Waals surface area contributed by atoms with E-state index in [1.54, 1.807) is 35.4 Å². The highest BCUT2D eigenvalue weighted by atomic mass is 19.1. The van der Waals surface area contributed by atoms with Crippen LogP contribution in [0, 0.1) is 17.1 Å². The number of aromatic nitrogens is 1. The molecule has 1 unspecified atom stereocenters. The molecular formula is C21H24FN5O2. The summed E-state index contributed by atoms with van der Waals surface area (Å²) in [4.78, 5) is 20.8. The molecule has 1 aliphatic heterocycles. The molecule has 1 fully saturated rings. The van der Waals surface area contributed by atoms with Crippen molar-refractivity contribution in [2.45, 2.75) is 19.4 Å². The third kappa shape index (κ3) is 4.74. The number of nitriles is 1. The Kier molecular flexibility index (Phi) is 6.50. The number of hydrogen-bond acceptors (Lipinski definition) is 5. The number of methoxy groups -OCH3 is 1. The van der Waals surface area contributed by atoms with E-state index in [-0.39, 0.29) is 17.8 Å². The maximum absolute atomic E-state index is 13.9. The van der Waals surface area contributed by atoms with Crippen LogP contribution in [0.2, 0.25) is 0 Å². The maximum atomic E-state index is 13.9. The van der Waals surface area contributed by atoms with E-state index in [2.05, 4.69) is 16.4 Å². The van der Waals surface area contributed by atoms with Crippen molar-refractivity contribution in [3.63, 3.8) is 0 Å². The first-order valence-corrected chi connectivity index (χ1v) is 9.52. The fraction of sp³-hybridized carbons (Fsp3) is 0.381. The molecule has 29 heavy (non-hydrogen) atoms. The zero-order valence-electron chi connectivity index (χ0n) is 16.6. The second-order valence-corrected chi connectivity index (χ2v) is 6.88. The summed E-state index contributed by atoms with van der Waals surface area (Å²) in [5.41, 5.74) is 1.20. The number of halogens is 1. The first-order chi connectivity index (χ1) is 14.0. The van der Waals surface area contributed by atoms with Gasteiger partial charge < -0.3 is 19.9 Å². The molecule has 2 aromatic rings. The lowest BCUT2D eigenvalue weighted by atomic mass is 10.1. The van der Waals surface area contributed by atoms with Gasteiger partial charge in [0.15, 0.2) is 11.6 Å². The molecule has 1 aromatic heterocycles. The number of rotatable bonds is 4. The number of ether oxygens (including phenoxy) is 1. The van der Waals surface area contributed by atoms with Crippen molar-refractivity contribution in [3.8, 4) is 11.8 Å². The summed E-state index contributed by atoms with van der Waals surface area (Å²) in [6.07, 6.45) is 2.43. The summed E-state index contributed by atoms with van der Waals surface area (Å²) in [5, 5.41) is 12.2. The van der Waals surface area contributed by atoms with Gasteiger partial charge in [0.05, 0.1) is 18.7 Å². The molecule has 2 heterocycles. The number of hydrogen-bond donors (Lipinski definition) is 1. The molecule has 1 N–H and O–H groups in total. The van der Waals surface area contributed by atoms with E-state index in [9.17, 15) is 14.4 Å². The van der Waals surface area contributed by atoms with Crippen LogP contribution in [0.4, 0.5) is 15.0 Å². The van der Waals surface area contributed by atoms with E-state index < -0.39 is 5.82 Å². The number of benzene rings is 1. The highest BCUT2D eigenvalue weighted by Crippen LogP contribution is 2.22. The normalized spacial score (nSPS) is 15.2. The quantitative estimate of drug-likeness (QED) is 0.857. The smallest absolute Gasteiger partial charge is 0.317 e. The summed E-state index contributed by atoms with van der Waals surface area (Å²) in [5.74, 6) is 0.366. The number of anilines is 1. The Hall–Kier alpha value is -3.34. The molecule has 2 amide bonds. The number of nitrogens with one attached hydrogen (secondary N) is 1. The Balaban J connectivity index is 1.62. The Morgan fingerprint density at radius 2 is 2.14 bits per heavy atom. The minimum Gasteiger partial charge on any atom is -0.494 e. The van der Waals surface area contributed by atoms with Gasteiger partial charge >= 0.3 is 6.03 Å². The monoisotopic (exact) mass is 397 g/mol. The van der Waals surface area contributed by atoms with Gasteiger partial charge in [-0.25, -0.2) is 14.2 Å². The van der Waals surface area contributed by atoms with Crippen LogP contribution in [0.3, 0.4) is 0 Å². The Bertz CT molecular complexity index is 914. The molecule has 1 atom stereocenters. The van der Waals surface area contributed by atoms with E-state index >= 15 is 0 Å². The molecule has 3 rings (SSSR count). The van der Waals surface area contributed by atoms with Crippen molar-refractivity contribution in [1.82, 2.24) is 15.2 Å². The van der Waals surface area contributed by atoms with E-state index in [0.29, 0.717) is 43.1 Å². The van der Waals surface area contributed by atoms with Crippen LogP contribution in [0.1, 0.15) is 30.5 Å². The van der Waals surface area contributed by atoms with E-state index in [1.165, 1.54) is 13.2 Å². The van der Waals surface area contributed by atoms with Gasteiger partial charge in [0.2, 0.25) is 0 Å². The summed E-state index contributed by atoms with van der Waals surface area (Å²) in [6.45, 7) is 4.23. The van der Waals surface area contributed by atoms with Crippen molar-refractivity contribution in [3.05, 3.63) is 53.5 Å². The molecule has 8 heteroatoms. The van der Waals surface area contributed by atoms with Gasteiger partial charge in [0.25, 0.3) is 0 Å². The van der Waals surface area contributed by atoms with Crippen molar-refractivity contribution in [2.75, 3.05) is 38.2 Å². The average molecular weight is 397 g/mol. The molecule has 1 aliphatic rings. The lowest BCUT2D eigenvalue weighted by Crippen LogP contribution is -2.43. The van der Waals surface area contributed by atoms with Gasteiger partial charge in [-0.2, -0.15) is 5.26 Å². The SMILES string of the molecule is COc1ccc(C(C)NC(=O)N2CCCN(c3ncccc3C#N)CC2)cc1F. The summed E-state index contributed by atoms with van der Waals surface area (Å²) >= 11 is 0. The van der Waals surface area contributed by atoms with Crippen LogP contribution in [0.15, 0.2) is 36.5 Å². The van der Waals surface area contributed by atoms with Gasteiger partial charge in [-0.05, 0) is 43.2 Å². The third-order valence-electron chi connectivity index (χ3n) is 5.01. The van der Waals surface area contributed by atoms with Crippen LogP contribution in [0.25, 0.3) is 0 Å². The number of urea groups is 1. The molecule has 7 nitrogen and oxygen atoms in total. The van der Waals surface area contributed by atoms with Crippen LogP contribution >= 0.6 is 0 Å². The molecule has 0 radical (unpaired) electrons. The molecule has 1 saturated heterocycles. The summed E-state index contributed by atoms with van der Waals surface area (Å²) in [6, 6.07) is 9.77. The zero-order chi connectivity index (χ0) is 20.8. The van der Waals surface area contributed by atoms with Crippen LogP contribution in [-0.4, -0.2) is 49.2 Å². The lowest BCUT2D eigenvalue weighted by Gasteiger charge is -2.25. The molecule has 0 aliphatic carbocycles. The number of carbonyl (C=O) groups excluding carboxylic acids is 1. The van der Waals surface area contributed by atoms with Gasteiger partial charge in [-0.3, -0.25) is 0 Å². The fourth-order valence-electron chi connectivity index (χ4n) is 3.38. The third-order valence-corrected chi connectivity index (χ3v) is 5.01. The molecule has 1 aromatic carbocycles. The van der Waals surface area contributed by atoms with Gasteiger partial charge in [-0.15, -0.1) is 0 Å². The first kappa shape index (κ1) is 20.4. The minimum absolute atomic E-state index is 0.172. The summed E-state index contributed by atoms with van der Waals surface area (Å²) in [7, 11) is 1.41. The van der Waals surface area contributed by atoms with Crippen LogP contribution in [-0.2, 0) is 0 Å². The van der Waals surface area contributed by atoms with Crippen LogP contribution < -0.4 is 15.0 Å². The molecule has 0 bridgehead atoms. The zero-order valence-corrected chi connectivity index (χ0v) is 16.6. The van der Waals surface area contributed by atoms with E-state index in [0.717, 1.165) is 6.42 Å². The van der Waals surface area contributed by atoms with Crippen molar-refractivity contribution < 1.29 is 13.9 Å². The number of amides is 2. The standard InChI is InChI=1S/C21H24FN5O2/c1-15(16-6-7-19(29-2)18(22)13-16)25-21(28)27-10-4-9-26(11-12-27)20-17(14-23)5-3-8-24-20/h3,5-8,13,15H,4,9-12H2,1-2H3,(H,25,28). The van der Waals surface area contributed by atoms with Crippen molar-refractivity contribution in [1.29, 1.82) is 5.26 Å². The average Bonchev–Trinajstić information content (AvgIpc) is 2.99. The predicted octanol–water partition coefficient (Wildman–Crippen LogP) is 3.08.